The van der Waals surface area contributed by atoms with E-state index < -0.39 is 6.04 Å². The van der Waals surface area contributed by atoms with E-state index in [0.29, 0.717) is 38.8 Å². The number of anilines is 2. The number of halogens is 2. The van der Waals surface area contributed by atoms with Crippen molar-refractivity contribution in [2.45, 2.75) is 19.0 Å². The number of methoxy groups -OCH3 is 1. The number of nitrogens with one attached hydrogen (secondary N) is 1. The summed E-state index contributed by atoms with van der Waals surface area (Å²) in [5, 5.41) is 4.33. The van der Waals surface area contributed by atoms with E-state index >= 15 is 0 Å². The Labute approximate surface area is 213 Å². The van der Waals surface area contributed by atoms with E-state index in [9.17, 15) is 9.59 Å². The van der Waals surface area contributed by atoms with Gasteiger partial charge in [0.15, 0.2) is 5.11 Å². The third-order valence-corrected chi connectivity index (χ3v) is 6.34. The van der Waals surface area contributed by atoms with Gasteiger partial charge in [-0.05, 0) is 78.4 Å². The monoisotopic (exact) mass is 513 g/mol. The zero-order valence-corrected chi connectivity index (χ0v) is 20.5. The van der Waals surface area contributed by atoms with Crippen LogP contribution in [0, 0.1) is 0 Å². The molecule has 9 heteroatoms. The molecular weight excluding hydrogens is 493 g/mol. The lowest BCUT2D eigenvalue weighted by molar-refractivity contribution is -0.124. The van der Waals surface area contributed by atoms with Gasteiger partial charge in [-0.1, -0.05) is 35.3 Å². The second-order valence-corrected chi connectivity index (χ2v) is 8.92. The molecule has 2 amide bonds. The Hall–Kier alpha value is -3.13. The van der Waals surface area contributed by atoms with Crippen molar-refractivity contribution in [1.29, 1.82) is 0 Å². The standard InChI is InChI=1S/C25H21Cl2N3O3S/c1-33-21-12-10-20(11-13-21)30-24(32)22(14-23(31)28-19-8-6-18(27)7-9-19)29(25(30)34)15-16-2-4-17(26)5-3-16/h2-13,22H,14-15H2,1H3,(H,28,31)/t22-/m1/s1. The third kappa shape index (κ3) is 5.33. The van der Waals surface area contributed by atoms with Crippen molar-refractivity contribution in [3.05, 3.63) is 88.4 Å². The van der Waals surface area contributed by atoms with Gasteiger partial charge >= 0.3 is 0 Å². The number of carbonyl (C=O) groups is 2. The molecule has 1 aliphatic heterocycles. The van der Waals surface area contributed by atoms with Crippen LogP contribution in [0.1, 0.15) is 12.0 Å². The lowest BCUT2D eigenvalue weighted by Gasteiger charge is -2.24. The Morgan fingerprint density at radius 2 is 1.56 bits per heavy atom. The lowest BCUT2D eigenvalue weighted by atomic mass is 10.1. The second kappa shape index (κ2) is 10.4. The first-order valence-corrected chi connectivity index (χ1v) is 11.6. The summed E-state index contributed by atoms with van der Waals surface area (Å²) in [6.45, 7) is 0.354. The summed E-state index contributed by atoms with van der Waals surface area (Å²) in [5.74, 6) is 0.0924. The molecule has 0 unspecified atom stereocenters. The molecule has 0 saturated carbocycles. The van der Waals surface area contributed by atoms with E-state index in [0.717, 1.165) is 5.56 Å². The Balaban J connectivity index is 1.59. The molecule has 0 spiro atoms. The van der Waals surface area contributed by atoms with Gasteiger partial charge in [0.2, 0.25) is 5.91 Å². The van der Waals surface area contributed by atoms with Crippen molar-refractivity contribution in [3.63, 3.8) is 0 Å². The predicted octanol–water partition coefficient (Wildman–Crippen LogP) is 5.53. The molecule has 174 valence electrons. The molecule has 1 N–H and O–H groups in total. The van der Waals surface area contributed by atoms with Gasteiger partial charge in [0, 0.05) is 22.3 Å². The Bertz CT molecular complexity index is 1200. The maximum absolute atomic E-state index is 13.5. The number of amides is 2. The molecule has 3 aromatic carbocycles. The third-order valence-electron chi connectivity index (χ3n) is 5.42. The summed E-state index contributed by atoms with van der Waals surface area (Å²) in [6, 6.07) is 20.4. The van der Waals surface area contributed by atoms with Crippen molar-refractivity contribution < 1.29 is 14.3 Å². The van der Waals surface area contributed by atoms with Gasteiger partial charge in [-0.25, -0.2) is 0 Å². The SMILES string of the molecule is COc1ccc(N2C(=O)[C@@H](CC(=O)Nc3ccc(Cl)cc3)N(Cc3ccc(Cl)cc3)C2=S)cc1. The first-order valence-electron chi connectivity index (χ1n) is 10.4. The highest BCUT2D eigenvalue weighted by Gasteiger charge is 2.44. The van der Waals surface area contributed by atoms with E-state index in [1.807, 2.05) is 12.1 Å². The van der Waals surface area contributed by atoms with Gasteiger partial charge in [-0.3, -0.25) is 14.5 Å². The minimum atomic E-state index is -0.766. The largest absolute Gasteiger partial charge is 0.497 e. The highest BCUT2D eigenvalue weighted by atomic mass is 35.5. The molecule has 0 aromatic heterocycles. The molecule has 6 nitrogen and oxygen atoms in total. The van der Waals surface area contributed by atoms with Crippen molar-refractivity contribution in [2.24, 2.45) is 0 Å². The summed E-state index contributed by atoms with van der Waals surface area (Å²) in [7, 11) is 1.57. The number of rotatable bonds is 7. The fourth-order valence-electron chi connectivity index (χ4n) is 3.69. The zero-order chi connectivity index (χ0) is 24.2. The minimum Gasteiger partial charge on any atom is -0.497 e. The summed E-state index contributed by atoms with van der Waals surface area (Å²) in [5.41, 5.74) is 2.12. The molecule has 0 aliphatic carbocycles. The van der Waals surface area contributed by atoms with Crippen LogP contribution >= 0.6 is 35.4 Å². The Morgan fingerprint density at radius 1 is 0.971 bits per heavy atom. The van der Waals surface area contributed by atoms with Crippen LogP contribution in [0.5, 0.6) is 5.75 Å². The van der Waals surface area contributed by atoms with Crippen LogP contribution in [0.2, 0.25) is 10.0 Å². The molecule has 1 heterocycles. The molecule has 1 atom stereocenters. The van der Waals surface area contributed by atoms with E-state index in [-0.39, 0.29) is 18.2 Å². The van der Waals surface area contributed by atoms with Gasteiger partial charge in [0.05, 0.1) is 19.2 Å². The quantitative estimate of drug-likeness (QED) is 0.420. The summed E-state index contributed by atoms with van der Waals surface area (Å²) >= 11 is 17.6. The van der Waals surface area contributed by atoms with Crippen molar-refractivity contribution >= 4 is 63.7 Å². The maximum atomic E-state index is 13.5. The van der Waals surface area contributed by atoms with Crippen LogP contribution in [-0.4, -0.2) is 35.0 Å². The average Bonchev–Trinajstić information content (AvgIpc) is 3.06. The Kier molecular flexibility index (Phi) is 7.36. The van der Waals surface area contributed by atoms with E-state index in [1.54, 1.807) is 72.7 Å². The molecule has 1 aliphatic rings. The van der Waals surface area contributed by atoms with Crippen LogP contribution in [0.4, 0.5) is 11.4 Å². The van der Waals surface area contributed by atoms with Crippen molar-refractivity contribution in [3.8, 4) is 5.75 Å². The van der Waals surface area contributed by atoms with Crippen LogP contribution < -0.4 is 15.0 Å². The highest BCUT2D eigenvalue weighted by molar-refractivity contribution is 7.80. The molecule has 1 fully saturated rings. The molecule has 0 bridgehead atoms. The fraction of sp³-hybridized carbons (Fsp3) is 0.160. The van der Waals surface area contributed by atoms with Crippen LogP contribution in [-0.2, 0) is 16.1 Å². The lowest BCUT2D eigenvalue weighted by Crippen LogP contribution is -2.37. The van der Waals surface area contributed by atoms with Gasteiger partial charge in [0.25, 0.3) is 5.91 Å². The minimum absolute atomic E-state index is 0.0676. The number of hydrogen-bond acceptors (Lipinski definition) is 4. The van der Waals surface area contributed by atoms with Crippen LogP contribution in [0.15, 0.2) is 72.8 Å². The number of thiocarbonyl (C=S) groups is 1. The van der Waals surface area contributed by atoms with E-state index in [1.165, 1.54) is 4.90 Å². The van der Waals surface area contributed by atoms with Gasteiger partial charge in [-0.2, -0.15) is 0 Å². The predicted molar refractivity (Wildman–Crippen MR) is 139 cm³/mol. The number of ether oxygens (including phenoxy) is 1. The van der Waals surface area contributed by atoms with Crippen molar-refractivity contribution in [2.75, 3.05) is 17.3 Å². The first-order chi connectivity index (χ1) is 16.4. The highest BCUT2D eigenvalue weighted by Crippen LogP contribution is 2.30. The van der Waals surface area contributed by atoms with Crippen LogP contribution in [0.3, 0.4) is 0 Å². The summed E-state index contributed by atoms with van der Waals surface area (Å²) in [6.07, 6.45) is -0.0676. The smallest absolute Gasteiger partial charge is 0.256 e. The van der Waals surface area contributed by atoms with E-state index in [4.69, 9.17) is 40.2 Å². The molecule has 4 rings (SSSR count). The molecular formula is C25H21Cl2N3O3S. The van der Waals surface area contributed by atoms with Crippen LogP contribution in [0.25, 0.3) is 0 Å². The topological polar surface area (TPSA) is 61.9 Å². The summed E-state index contributed by atoms with van der Waals surface area (Å²) in [4.78, 5) is 29.6. The van der Waals surface area contributed by atoms with E-state index in [2.05, 4.69) is 5.32 Å². The van der Waals surface area contributed by atoms with Crippen molar-refractivity contribution in [1.82, 2.24) is 4.90 Å². The summed E-state index contributed by atoms with van der Waals surface area (Å²) < 4.78 is 5.21. The number of nitrogens with zero attached hydrogens (tertiary/aromatic N) is 2. The van der Waals surface area contributed by atoms with Gasteiger partial charge in [-0.15, -0.1) is 0 Å². The Morgan fingerprint density at radius 3 is 2.15 bits per heavy atom. The number of benzene rings is 3. The fourth-order valence-corrected chi connectivity index (χ4v) is 4.33. The average molecular weight is 514 g/mol. The normalized spacial score (nSPS) is 15.6. The molecule has 34 heavy (non-hydrogen) atoms. The maximum Gasteiger partial charge on any atom is 0.256 e. The second-order valence-electron chi connectivity index (χ2n) is 7.68. The zero-order valence-electron chi connectivity index (χ0n) is 18.2. The molecule has 0 radical (unpaired) electrons. The number of hydrogen-bond donors (Lipinski definition) is 1. The number of carbonyl (C=O) groups excluding carboxylic acids is 2. The van der Waals surface area contributed by atoms with Gasteiger partial charge in [0.1, 0.15) is 11.8 Å². The molecule has 1 saturated heterocycles. The molecule has 3 aromatic rings. The first kappa shape index (κ1) is 24.0. The van der Waals surface area contributed by atoms with Gasteiger partial charge < -0.3 is 15.0 Å².